The molecule has 0 amide bonds. The molecule has 0 aromatic carbocycles. The van der Waals surface area contributed by atoms with Crippen molar-refractivity contribution in [2.24, 2.45) is 4.99 Å². The molecule has 0 N–H and O–H groups in total. The van der Waals surface area contributed by atoms with Crippen LogP contribution in [0.3, 0.4) is 0 Å². The van der Waals surface area contributed by atoms with Crippen molar-refractivity contribution < 1.29 is 4.92 Å². The van der Waals surface area contributed by atoms with E-state index in [-0.39, 0.29) is 11.4 Å². The van der Waals surface area contributed by atoms with Gasteiger partial charge in [0, 0.05) is 40.5 Å². The lowest BCUT2D eigenvalue weighted by Crippen LogP contribution is -2.07. The fourth-order valence-corrected chi connectivity index (χ4v) is 1.20. The Morgan fingerprint density at radius 3 is 2.47 bits per heavy atom. The molecule has 1 aromatic heterocycles. The van der Waals surface area contributed by atoms with Crippen LogP contribution in [0.25, 0.3) is 6.08 Å². The molecule has 102 valence electrons. The van der Waals surface area contributed by atoms with E-state index in [1.807, 2.05) is 28.2 Å². The minimum Gasteiger partial charge on any atom is -0.383 e. The quantitative estimate of drug-likeness (QED) is 0.350. The Morgan fingerprint density at radius 2 is 1.95 bits per heavy atom. The molecule has 0 radical (unpaired) electrons. The molecule has 1 rings (SSSR count). The van der Waals surface area contributed by atoms with Crippen molar-refractivity contribution in [1.29, 1.82) is 0 Å². The van der Waals surface area contributed by atoms with Gasteiger partial charge < -0.3 is 9.80 Å². The number of pyridine rings is 1. The molecule has 7 nitrogen and oxygen atoms in total. The van der Waals surface area contributed by atoms with Crippen LogP contribution < -0.4 is 0 Å². The van der Waals surface area contributed by atoms with Crippen molar-refractivity contribution in [1.82, 2.24) is 14.8 Å². The van der Waals surface area contributed by atoms with Crippen molar-refractivity contribution in [3.05, 3.63) is 34.1 Å². The summed E-state index contributed by atoms with van der Waals surface area (Å²) in [6.45, 7) is 0. The molecule has 0 aliphatic heterocycles. The van der Waals surface area contributed by atoms with Gasteiger partial charge in [0.1, 0.15) is 5.69 Å². The van der Waals surface area contributed by atoms with Crippen molar-refractivity contribution in [2.45, 2.75) is 0 Å². The maximum atomic E-state index is 10.9. The van der Waals surface area contributed by atoms with Gasteiger partial charge in [0.25, 0.3) is 5.69 Å². The average molecular weight is 263 g/mol. The number of aliphatic imine (C=N–C) groups is 1. The predicted molar refractivity (Wildman–Crippen MR) is 75.5 cm³/mol. The number of hydrogen-bond donors (Lipinski definition) is 0. The van der Waals surface area contributed by atoms with E-state index in [1.165, 1.54) is 12.1 Å². The summed E-state index contributed by atoms with van der Waals surface area (Å²) in [4.78, 5) is 22.3. The summed E-state index contributed by atoms with van der Waals surface area (Å²) in [6.07, 6.45) is 4.88. The number of nitro groups is 1. The van der Waals surface area contributed by atoms with Crippen LogP contribution in [-0.2, 0) is 0 Å². The zero-order valence-corrected chi connectivity index (χ0v) is 11.4. The van der Waals surface area contributed by atoms with E-state index in [0.717, 1.165) is 0 Å². The summed E-state index contributed by atoms with van der Waals surface area (Å²) < 4.78 is 0. The molecular formula is C12H17N5O2. The van der Waals surface area contributed by atoms with Crippen LogP contribution in [0.1, 0.15) is 5.69 Å². The Bertz CT molecular complexity index is 509. The van der Waals surface area contributed by atoms with Gasteiger partial charge in [-0.1, -0.05) is 0 Å². The highest BCUT2D eigenvalue weighted by molar-refractivity contribution is 5.63. The summed E-state index contributed by atoms with van der Waals surface area (Å²) in [5.41, 5.74) is 0.244. The molecule has 0 atom stereocenters. The predicted octanol–water partition coefficient (Wildman–Crippen LogP) is 1.74. The third kappa shape index (κ3) is 4.74. The molecule has 0 saturated heterocycles. The van der Waals surface area contributed by atoms with Crippen LogP contribution in [-0.4, -0.2) is 54.2 Å². The first kappa shape index (κ1) is 14.6. The highest BCUT2D eigenvalue weighted by Gasteiger charge is 2.13. The van der Waals surface area contributed by atoms with Gasteiger partial charge >= 0.3 is 0 Å². The molecule has 19 heavy (non-hydrogen) atoms. The van der Waals surface area contributed by atoms with E-state index in [1.54, 1.807) is 28.4 Å². The maximum absolute atomic E-state index is 10.9. The molecule has 1 heterocycles. The topological polar surface area (TPSA) is 74.9 Å². The highest BCUT2D eigenvalue weighted by Crippen LogP contribution is 2.21. The second kappa shape index (κ2) is 6.48. The summed E-state index contributed by atoms with van der Waals surface area (Å²) in [5, 5.41) is 10.9. The lowest BCUT2D eigenvalue weighted by Gasteiger charge is -2.04. The van der Waals surface area contributed by atoms with Gasteiger partial charge in [0.2, 0.25) is 0 Å². The number of hydrogen-bond acceptors (Lipinski definition) is 5. The maximum Gasteiger partial charge on any atom is 0.295 e. The zero-order chi connectivity index (χ0) is 14.4. The number of rotatable bonds is 5. The largest absolute Gasteiger partial charge is 0.383 e. The molecule has 0 aliphatic carbocycles. The number of aromatic nitrogens is 1. The van der Waals surface area contributed by atoms with Crippen LogP contribution in [0.4, 0.5) is 11.5 Å². The molecule has 0 unspecified atom stereocenters. The molecule has 0 bridgehead atoms. The van der Waals surface area contributed by atoms with Crippen LogP contribution in [0.2, 0.25) is 0 Å². The lowest BCUT2D eigenvalue weighted by atomic mass is 10.3. The zero-order valence-electron chi connectivity index (χ0n) is 11.4. The van der Waals surface area contributed by atoms with Crippen molar-refractivity contribution >= 4 is 23.9 Å². The second-order valence-corrected chi connectivity index (χ2v) is 4.32. The first-order chi connectivity index (χ1) is 8.90. The summed E-state index contributed by atoms with van der Waals surface area (Å²) in [5.74, 6) is 0.428. The Morgan fingerprint density at radius 1 is 1.26 bits per heavy atom. The van der Waals surface area contributed by atoms with E-state index in [2.05, 4.69) is 9.98 Å². The van der Waals surface area contributed by atoms with Crippen LogP contribution in [0.5, 0.6) is 0 Å². The lowest BCUT2D eigenvalue weighted by molar-refractivity contribution is -0.385. The third-order valence-corrected chi connectivity index (χ3v) is 2.04. The third-order valence-electron chi connectivity index (χ3n) is 2.04. The van der Waals surface area contributed by atoms with E-state index in [4.69, 9.17) is 0 Å². The van der Waals surface area contributed by atoms with Crippen molar-refractivity contribution in [3.8, 4) is 0 Å². The fraction of sp³-hybridized carbons (Fsp3) is 0.333. The van der Waals surface area contributed by atoms with E-state index >= 15 is 0 Å². The summed E-state index contributed by atoms with van der Waals surface area (Å²) in [7, 11) is 7.33. The normalized spacial score (nSPS) is 11.2. The SMILES string of the molecule is CN(C)/C=C/c1nc(/N=C/N(C)C)ccc1[N+](=O)[O-]. The fourth-order valence-electron chi connectivity index (χ4n) is 1.20. The smallest absolute Gasteiger partial charge is 0.295 e. The molecule has 7 heteroatoms. The van der Waals surface area contributed by atoms with E-state index < -0.39 is 4.92 Å². The van der Waals surface area contributed by atoms with Crippen LogP contribution >= 0.6 is 0 Å². The van der Waals surface area contributed by atoms with Gasteiger partial charge in [0.15, 0.2) is 5.82 Å². The Balaban J connectivity index is 3.14. The first-order valence-electron chi connectivity index (χ1n) is 5.61. The van der Waals surface area contributed by atoms with Crippen LogP contribution in [0, 0.1) is 10.1 Å². The number of nitrogens with zero attached hydrogens (tertiary/aromatic N) is 5. The van der Waals surface area contributed by atoms with Crippen LogP contribution in [0.15, 0.2) is 23.3 Å². The molecular weight excluding hydrogens is 246 g/mol. The standard InChI is InChI=1S/C12H17N5O2/c1-15(2)8-7-10-11(17(18)19)5-6-12(14-10)13-9-16(3)4/h5-9H,1-4H3/b8-7+,13-9+. The first-order valence-corrected chi connectivity index (χ1v) is 5.61. The van der Waals surface area contributed by atoms with Gasteiger partial charge in [-0.05, 0) is 12.1 Å². The van der Waals surface area contributed by atoms with Gasteiger partial charge in [-0.3, -0.25) is 10.1 Å². The molecule has 0 aliphatic rings. The second-order valence-electron chi connectivity index (χ2n) is 4.32. The Kier molecular flexibility index (Phi) is 4.99. The van der Waals surface area contributed by atoms with Crippen molar-refractivity contribution in [3.63, 3.8) is 0 Å². The minimum atomic E-state index is -0.457. The monoisotopic (exact) mass is 263 g/mol. The molecule has 1 aromatic rings. The van der Waals surface area contributed by atoms with E-state index in [0.29, 0.717) is 5.82 Å². The van der Waals surface area contributed by atoms with Crippen molar-refractivity contribution in [2.75, 3.05) is 28.2 Å². The molecule has 0 spiro atoms. The van der Waals surface area contributed by atoms with E-state index in [9.17, 15) is 10.1 Å². The summed E-state index contributed by atoms with van der Waals surface area (Å²) in [6, 6.07) is 2.93. The Hall–Kier alpha value is -2.44. The average Bonchev–Trinajstić information content (AvgIpc) is 2.33. The Labute approximate surface area is 112 Å². The molecule has 0 fully saturated rings. The highest BCUT2D eigenvalue weighted by atomic mass is 16.6. The van der Waals surface area contributed by atoms with Gasteiger partial charge in [0.05, 0.1) is 11.3 Å². The minimum absolute atomic E-state index is 0.0399. The van der Waals surface area contributed by atoms with Gasteiger partial charge in [-0.15, -0.1) is 0 Å². The van der Waals surface area contributed by atoms with Gasteiger partial charge in [-0.2, -0.15) is 0 Å². The molecule has 0 saturated carbocycles. The van der Waals surface area contributed by atoms with Gasteiger partial charge in [-0.25, -0.2) is 9.98 Å². The summed E-state index contributed by atoms with van der Waals surface area (Å²) >= 11 is 0.